The molecule has 0 aliphatic carbocycles. The van der Waals surface area contributed by atoms with Gasteiger partial charge in [-0.05, 0) is 24.3 Å². The van der Waals surface area contributed by atoms with Gasteiger partial charge in [-0.3, -0.25) is 10.4 Å². The summed E-state index contributed by atoms with van der Waals surface area (Å²) < 4.78 is 5.24. The van der Waals surface area contributed by atoms with Crippen molar-refractivity contribution in [1.82, 2.24) is 4.98 Å². The molecule has 2 aromatic carbocycles. The number of nitrogens with zero attached hydrogens (tertiary/aromatic N) is 2. The molecular weight excluding hydrogens is 306 g/mol. The van der Waals surface area contributed by atoms with E-state index in [0.29, 0.717) is 11.3 Å². The van der Waals surface area contributed by atoms with Crippen molar-refractivity contribution in [2.45, 2.75) is 0 Å². The van der Waals surface area contributed by atoms with Crippen molar-refractivity contribution in [1.29, 1.82) is 0 Å². The fourth-order valence-corrected chi connectivity index (χ4v) is 2.22. The summed E-state index contributed by atoms with van der Waals surface area (Å²) in [5.41, 5.74) is 5.26. The summed E-state index contributed by atoms with van der Waals surface area (Å²) in [6.45, 7) is -0.397. The summed E-state index contributed by atoms with van der Waals surface area (Å²) in [4.78, 5) is 15.0. The van der Waals surface area contributed by atoms with E-state index < -0.39 is 12.6 Å². The molecule has 0 saturated carbocycles. The molecule has 0 aliphatic heterocycles. The highest BCUT2D eigenvalue weighted by atomic mass is 16.5. The number of hydrazone groups is 1. The Bertz CT molecular complexity index is 888. The monoisotopic (exact) mass is 321 g/mol. The number of benzene rings is 2. The summed E-state index contributed by atoms with van der Waals surface area (Å²) in [6.07, 6.45) is 3.31. The molecule has 3 aromatic rings. The quantitative estimate of drug-likeness (QED) is 0.538. The van der Waals surface area contributed by atoms with Crippen LogP contribution in [-0.2, 0) is 4.79 Å². The van der Waals surface area contributed by atoms with Crippen LogP contribution < -0.4 is 10.2 Å². The van der Waals surface area contributed by atoms with Crippen LogP contribution in [0.1, 0.15) is 5.56 Å². The van der Waals surface area contributed by atoms with Gasteiger partial charge < -0.3 is 9.84 Å². The highest BCUT2D eigenvalue weighted by Crippen LogP contribution is 2.21. The van der Waals surface area contributed by atoms with E-state index in [9.17, 15) is 4.79 Å². The molecule has 24 heavy (non-hydrogen) atoms. The average Bonchev–Trinajstić information content (AvgIpc) is 2.61. The lowest BCUT2D eigenvalue weighted by Gasteiger charge is -2.07. The van der Waals surface area contributed by atoms with Gasteiger partial charge in [0.2, 0.25) is 0 Å². The number of fused-ring (bicyclic) bond motifs is 1. The minimum absolute atomic E-state index is 0.397. The minimum Gasteiger partial charge on any atom is -0.481 e. The fraction of sp³-hybridized carbons (Fsp3) is 0.0556. The van der Waals surface area contributed by atoms with Gasteiger partial charge in [0, 0.05) is 17.1 Å². The molecule has 3 rings (SSSR count). The van der Waals surface area contributed by atoms with E-state index in [4.69, 9.17) is 9.84 Å². The molecule has 1 heterocycles. The summed E-state index contributed by atoms with van der Waals surface area (Å²) in [6, 6.07) is 16.7. The number of carbonyl (C=O) groups is 1. The number of nitrogens with one attached hydrogen (secondary N) is 1. The number of carboxylic acids is 1. The van der Waals surface area contributed by atoms with E-state index in [1.54, 1.807) is 30.6 Å². The molecule has 0 radical (unpaired) electrons. The lowest BCUT2D eigenvalue weighted by Crippen LogP contribution is -2.10. The molecule has 1 aromatic heterocycles. The molecular formula is C18H15N3O3. The van der Waals surface area contributed by atoms with Gasteiger partial charge in [-0.1, -0.05) is 30.3 Å². The van der Waals surface area contributed by atoms with Gasteiger partial charge in [-0.2, -0.15) is 5.10 Å². The lowest BCUT2D eigenvalue weighted by molar-refractivity contribution is -0.139. The van der Waals surface area contributed by atoms with Gasteiger partial charge in [-0.25, -0.2) is 4.79 Å². The first kappa shape index (κ1) is 15.5. The Balaban J connectivity index is 1.78. The minimum atomic E-state index is -1.03. The predicted octanol–water partition coefficient (Wildman–Crippen LogP) is 3.14. The second kappa shape index (κ2) is 7.23. The van der Waals surface area contributed by atoms with Crippen molar-refractivity contribution in [3.63, 3.8) is 0 Å². The van der Waals surface area contributed by atoms with Gasteiger partial charge in [0.15, 0.2) is 6.61 Å². The molecule has 2 N–H and O–H groups in total. The van der Waals surface area contributed by atoms with Crippen LogP contribution in [0.3, 0.4) is 0 Å². The third-order valence-electron chi connectivity index (χ3n) is 3.29. The van der Waals surface area contributed by atoms with Crippen LogP contribution >= 0.6 is 0 Å². The third kappa shape index (κ3) is 3.67. The van der Waals surface area contributed by atoms with Crippen LogP contribution in [0.5, 0.6) is 5.75 Å². The highest BCUT2D eigenvalue weighted by Gasteiger charge is 2.04. The number of pyridine rings is 1. The van der Waals surface area contributed by atoms with E-state index in [0.717, 1.165) is 16.6 Å². The maximum Gasteiger partial charge on any atom is 0.341 e. The smallest absolute Gasteiger partial charge is 0.341 e. The molecule has 0 aliphatic rings. The Morgan fingerprint density at radius 2 is 2.00 bits per heavy atom. The van der Waals surface area contributed by atoms with Crippen LogP contribution in [0, 0.1) is 0 Å². The predicted molar refractivity (Wildman–Crippen MR) is 92.5 cm³/mol. The first-order chi connectivity index (χ1) is 11.7. The fourth-order valence-electron chi connectivity index (χ4n) is 2.22. The molecule has 120 valence electrons. The Morgan fingerprint density at radius 3 is 2.88 bits per heavy atom. The van der Waals surface area contributed by atoms with Crippen LogP contribution in [0.15, 0.2) is 65.9 Å². The number of para-hydroxylation sites is 2. The molecule has 0 spiro atoms. The standard InChI is InChI=1S/C18H15N3O3/c22-17(23)12-24-16-9-2-1-5-14(16)11-20-21-15-8-3-6-13-7-4-10-19-18(13)15/h1-11,21H,12H2,(H,22,23)/b20-11-. The molecule has 0 unspecified atom stereocenters. The number of ether oxygens (including phenoxy) is 1. The summed E-state index contributed by atoms with van der Waals surface area (Å²) in [5, 5.41) is 13.9. The number of rotatable bonds is 6. The summed E-state index contributed by atoms with van der Waals surface area (Å²) >= 11 is 0. The van der Waals surface area contributed by atoms with E-state index in [1.165, 1.54) is 0 Å². The third-order valence-corrected chi connectivity index (χ3v) is 3.29. The topological polar surface area (TPSA) is 83.8 Å². The number of aromatic nitrogens is 1. The molecule has 0 saturated heterocycles. The second-order valence-electron chi connectivity index (χ2n) is 4.97. The van der Waals surface area contributed by atoms with Crippen molar-refractivity contribution in [2.24, 2.45) is 5.10 Å². The largest absolute Gasteiger partial charge is 0.481 e. The zero-order chi connectivity index (χ0) is 16.8. The molecule has 0 atom stereocenters. The van der Waals surface area contributed by atoms with Gasteiger partial charge in [0.25, 0.3) is 0 Å². The Labute approximate surface area is 138 Å². The summed E-state index contributed by atoms with van der Waals surface area (Å²) in [5.74, 6) is -0.566. The molecule has 0 amide bonds. The van der Waals surface area contributed by atoms with Gasteiger partial charge >= 0.3 is 5.97 Å². The summed E-state index contributed by atoms with van der Waals surface area (Å²) in [7, 11) is 0. The van der Waals surface area contributed by atoms with Gasteiger partial charge in [0.05, 0.1) is 17.4 Å². The number of hydrogen-bond donors (Lipinski definition) is 2. The first-order valence-electron chi connectivity index (χ1n) is 7.30. The number of carboxylic acid groups (broad SMARTS) is 1. The maximum absolute atomic E-state index is 10.6. The average molecular weight is 321 g/mol. The van der Waals surface area contributed by atoms with Crippen LogP contribution in [-0.4, -0.2) is 28.9 Å². The zero-order valence-corrected chi connectivity index (χ0v) is 12.7. The zero-order valence-electron chi connectivity index (χ0n) is 12.7. The number of anilines is 1. The van der Waals surface area contributed by atoms with Crippen LogP contribution in [0.4, 0.5) is 5.69 Å². The second-order valence-corrected chi connectivity index (χ2v) is 4.97. The number of hydrogen-bond acceptors (Lipinski definition) is 5. The van der Waals surface area contributed by atoms with Crippen molar-refractivity contribution in [3.05, 3.63) is 66.4 Å². The Kier molecular flexibility index (Phi) is 4.67. The normalized spacial score (nSPS) is 10.8. The molecule has 0 bridgehead atoms. The first-order valence-corrected chi connectivity index (χ1v) is 7.30. The van der Waals surface area contributed by atoms with Crippen molar-refractivity contribution >= 4 is 28.8 Å². The Hall–Kier alpha value is -3.41. The highest BCUT2D eigenvalue weighted by molar-refractivity contribution is 5.91. The van der Waals surface area contributed by atoms with Crippen LogP contribution in [0.2, 0.25) is 0 Å². The van der Waals surface area contributed by atoms with Crippen molar-refractivity contribution < 1.29 is 14.6 Å². The molecule has 0 fully saturated rings. The van der Waals surface area contributed by atoms with Gasteiger partial charge in [-0.15, -0.1) is 0 Å². The maximum atomic E-state index is 10.6. The van der Waals surface area contributed by atoms with Gasteiger partial charge in [0.1, 0.15) is 5.75 Å². The molecule has 6 heteroatoms. The SMILES string of the molecule is O=C(O)COc1ccccc1/C=N\Nc1cccc2cccnc12. The number of aliphatic carboxylic acids is 1. The molecule has 6 nitrogen and oxygen atoms in total. The van der Waals surface area contributed by atoms with Crippen molar-refractivity contribution in [3.8, 4) is 5.75 Å². The lowest BCUT2D eigenvalue weighted by atomic mass is 10.2. The van der Waals surface area contributed by atoms with Crippen LogP contribution in [0.25, 0.3) is 10.9 Å². The van der Waals surface area contributed by atoms with Crippen molar-refractivity contribution in [2.75, 3.05) is 12.0 Å². The van der Waals surface area contributed by atoms with E-state index >= 15 is 0 Å². The van der Waals surface area contributed by atoms with E-state index in [2.05, 4.69) is 15.5 Å². The van der Waals surface area contributed by atoms with E-state index in [-0.39, 0.29) is 0 Å². The van der Waals surface area contributed by atoms with E-state index in [1.807, 2.05) is 36.4 Å². The Morgan fingerprint density at radius 1 is 1.17 bits per heavy atom.